The van der Waals surface area contributed by atoms with E-state index in [0.717, 1.165) is 33.3 Å². The lowest BCUT2D eigenvalue weighted by atomic mass is 10.1. The number of benzene rings is 2. The second-order valence-electron chi connectivity index (χ2n) is 6.66. The van der Waals surface area contributed by atoms with Gasteiger partial charge in [-0.25, -0.2) is 4.98 Å². The Kier molecular flexibility index (Phi) is 6.13. The molecule has 1 aliphatic rings. The van der Waals surface area contributed by atoms with Gasteiger partial charge < -0.3 is 9.47 Å². The molecule has 1 aliphatic heterocycles. The summed E-state index contributed by atoms with van der Waals surface area (Å²) < 4.78 is 10.8. The number of anilines is 2. The molecule has 0 saturated heterocycles. The van der Waals surface area contributed by atoms with Crippen LogP contribution < -0.4 is 25.8 Å². The van der Waals surface area contributed by atoms with Crippen LogP contribution in [0.1, 0.15) is 23.1 Å². The van der Waals surface area contributed by atoms with E-state index in [1.54, 1.807) is 0 Å². The Morgan fingerprint density at radius 3 is 2.77 bits per heavy atom. The molecule has 3 aromatic rings. The summed E-state index contributed by atoms with van der Waals surface area (Å²) in [6, 6.07) is 15.5. The minimum Gasteiger partial charge on any atom is -0.454 e. The van der Waals surface area contributed by atoms with Gasteiger partial charge in [0.15, 0.2) is 11.5 Å². The fourth-order valence-corrected chi connectivity index (χ4v) is 3.71. The topological polar surface area (TPSA) is 96.9 Å². The number of carbonyl (C=O) groups excluding carboxylic acids is 1. The number of thiazole rings is 1. The molecule has 9 heteroatoms. The highest BCUT2D eigenvalue weighted by atomic mass is 32.1. The highest BCUT2D eigenvalue weighted by Gasteiger charge is 2.14. The van der Waals surface area contributed by atoms with Gasteiger partial charge in [0.1, 0.15) is 5.71 Å². The quantitative estimate of drug-likeness (QED) is 0.381. The molecule has 1 aromatic heterocycles. The first-order chi connectivity index (χ1) is 15.1. The molecule has 31 heavy (non-hydrogen) atoms. The standard InChI is InChI=1S/C22H21N5O3S/c1-14-21(31-22(23-14)27-24-15(2)28)18(26-25-17-6-4-3-5-7-17)10-8-16-9-11-19-20(12-16)30-13-29-19/h3-12,25H,13H2,1-2H3,(H,23,27)(H,24,28)/b10-8+,26-18-. The molecule has 3 N–H and O–H groups in total. The Balaban J connectivity index is 1.62. The van der Waals surface area contributed by atoms with E-state index in [-0.39, 0.29) is 12.7 Å². The van der Waals surface area contributed by atoms with E-state index in [1.807, 2.05) is 67.6 Å². The number of amides is 1. The molecular formula is C22H21N5O3S. The minimum atomic E-state index is -0.197. The molecule has 0 spiro atoms. The highest BCUT2D eigenvalue weighted by molar-refractivity contribution is 7.17. The number of fused-ring (bicyclic) bond motifs is 1. The van der Waals surface area contributed by atoms with E-state index in [4.69, 9.17) is 9.47 Å². The maximum atomic E-state index is 11.2. The molecule has 0 bridgehead atoms. The Hall–Kier alpha value is -3.85. The van der Waals surface area contributed by atoms with Crippen molar-refractivity contribution in [1.29, 1.82) is 0 Å². The van der Waals surface area contributed by atoms with Crippen LogP contribution in [0.15, 0.2) is 59.7 Å². The maximum absolute atomic E-state index is 11.2. The van der Waals surface area contributed by atoms with Crippen LogP contribution in [-0.4, -0.2) is 23.4 Å². The van der Waals surface area contributed by atoms with Crippen molar-refractivity contribution in [3.8, 4) is 11.5 Å². The van der Waals surface area contributed by atoms with Crippen molar-refractivity contribution in [3.05, 3.63) is 70.7 Å². The Morgan fingerprint density at radius 2 is 1.97 bits per heavy atom. The maximum Gasteiger partial charge on any atom is 0.235 e. The number of ether oxygens (including phenoxy) is 2. The SMILES string of the molecule is CC(=O)NNc1nc(C)c(C(/C=C/c2ccc3c(c2)OCO3)=N\Nc2ccccc2)s1. The van der Waals surface area contributed by atoms with Gasteiger partial charge in [0, 0.05) is 6.92 Å². The molecule has 158 valence electrons. The Morgan fingerprint density at radius 1 is 1.16 bits per heavy atom. The smallest absolute Gasteiger partial charge is 0.235 e. The molecule has 0 saturated carbocycles. The summed E-state index contributed by atoms with van der Waals surface area (Å²) in [4.78, 5) is 16.5. The summed E-state index contributed by atoms with van der Waals surface area (Å²) in [5, 5.41) is 5.18. The van der Waals surface area contributed by atoms with E-state index in [0.29, 0.717) is 10.8 Å². The van der Waals surface area contributed by atoms with Gasteiger partial charge >= 0.3 is 0 Å². The number of hydrogen-bond acceptors (Lipinski definition) is 8. The van der Waals surface area contributed by atoms with E-state index < -0.39 is 0 Å². The van der Waals surface area contributed by atoms with Gasteiger partial charge in [-0.1, -0.05) is 41.7 Å². The van der Waals surface area contributed by atoms with Gasteiger partial charge in [-0.3, -0.25) is 21.1 Å². The number of hydrazine groups is 1. The fourth-order valence-electron chi connectivity index (χ4n) is 2.82. The predicted molar refractivity (Wildman–Crippen MR) is 122 cm³/mol. The number of allylic oxidation sites excluding steroid dienone is 1. The number of nitrogens with one attached hydrogen (secondary N) is 3. The molecule has 0 unspecified atom stereocenters. The first-order valence-electron chi connectivity index (χ1n) is 9.55. The van der Waals surface area contributed by atoms with Crippen molar-refractivity contribution < 1.29 is 14.3 Å². The van der Waals surface area contributed by atoms with Gasteiger partial charge in [0.25, 0.3) is 0 Å². The first kappa shape index (κ1) is 20.4. The zero-order valence-electron chi connectivity index (χ0n) is 17.0. The molecule has 1 amide bonds. The third-order valence-electron chi connectivity index (χ3n) is 4.28. The van der Waals surface area contributed by atoms with Crippen LogP contribution in [0.2, 0.25) is 0 Å². The highest BCUT2D eigenvalue weighted by Crippen LogP contribution is 2.33. The van der Waals surface area contributed by atoms with Gasteiger partial charge in [0.2, 0.25) is 17.8 Å². The number of nitrogens with zero attached hydrogens (tertiary/aromatic N) is 2. The van der Waals surface area contributed by atoms with Gasteiger partial charge in [-0.15, -0.1) is 0 Å². The van der Waals surface area contributed by atoms with E-state index in [2.05, 4.69) is 26.4 Å². The second kappa shape index (κ2) is 9.31. The largest absolute Gasteiger partial charge is 0.454 e. The van der Waals surface area contributed by atoms with Crippen molar-refractivity contribution in [2.75, 3.05) is 17.6 Å². The summed E-state index contributed by atoms with van der Waals surface area (Å²) in [6.45, 7) is 3.57. The molecule has 2 aromatic carbocycles. The van der Waals surface area contributed by atoms with Crippen molar-refractivity contribution >= 4 is 39.9 Å². The predicted octanol–water partition coefficient (Wildman–Crippen LogP) is 4.17. The average molecular weight is 436 g/mol. The van der Waals surface area contributed by atoms with Gasteiger partial charge in [-0.2, -0.15) is 5.10 Å². The molecule has 0 aliphatic carbocycles. The van der Waals surface area contributed by atoms with Crippen molar-refractivity contribution in [2.45, 2.75) is 13.8 Å². The normalized spacial score (nSPS) is 12.8. The second-order valence-corrected chi connectivity index (χ2v) is 7.66. The first-order valence-corrected chi connectivity index (χ1v) is 10.4. The molecular weight excluding hydrogens is 414 g/mol. The van der Waals surface area contributed by atoms with Crippen LogP contribution in [0.3, 0.4) is 0 Å². The summed E-state index contributed by atoms with van der Waals surface area (Å²) in [7, 11) is 0. The number of rotatable bonds is 7. The van der Waals surface area contributed by atoms with Crippen LogP contribution in [0.25, 0.3) is 6.08 Å². The van der Waals surface area contributed by atoms with Gasteiger partial charge in [-0.05, 0) is 42.8 Å². The number of hydrogen-bond donors (Lipinski definition) is 3. The lowest BCUT2D eigenvalue weighted by molar-refractivity contribution is -0.118. The third kappa shape index (κ3) is 5.20. The molecule has 0 atom stereocenters. The third-order valence-corrected chi connectivity index (χ3v) is 5.38. The lowest BCUT2D eigenvalue weighted by Crippen LogP contribution is -2.26. The zero-order valence-corrected chi connectivity index (χ0v) is 17.8. The number of aryl methyl sites for hydroxylation is 1. The van der Waals surface area contributed by atoms with Crippen LogP contribution in [0.4, 0.5) is 10.8 Å². The van der Waals surface area contributed by atoms with E-state index in [9.17, 15) is 4.79 Å². The van der Waals surface area contributed by atoms with Crippen LogP contribution in [0.5, 0.6) is 11.5 Å². The minimum absolute atomic E-state index is 0.197. The summed E-state index contributed by atoms with van der Waals surface area (Å²) in [6.07, 6.45) is 3.86. The van der Waals surface area contributed by atoms with E-state index in [1.165, 1.54) is 18.3 Å². The van der Waals surface area contributed by atoms with E-state index >= 15 is 0 Å². The average Bonchev–Trinajstić information content (AvgIpc) is 3.39. The van der Waals surface area contributed by atoms with Gasteiger partial charge in [0.05, 0.1) is 16.3 Å². The number of carbonyl (C=O) groups is 1. The van der Waals surface area contributed by atoms with Crippen molar-refractivity contribution in [2.24, 2.45) is 5.10 Å². The number of aromatic nitrogens is 1. The summed E-state index contributed by atoms with van der Waals surface area (Å²) in [5.41, 5.74) is 11.8. The number of para-hydroxylation sites is 1. The summed E-state index contributed by atoms with van der Waals surface area (Å²) >= 11 is 1.40. The Labute approximate surface area is 183 Å². The molecule has 4 rings (SSSR count). The lowest BCUT2D eigenvalue weighted by Gasteiger charge is -2.04. The summed E-state index contributed by atoms with van der Waals surface area (Å²) in [5.74, 6) is 1.26. The van der Waals surface area contributed by atoms with Crippen molar-refractivity contribution in [3.63, 3.8) is 0 Å². The molecule has 0 fully saturated rings. The zero-order chi connectivity index (χ0) is 21.6. The molecule has 2 heterocycles. The van der Waals surface area contributed by atoms with Crippen LogP contribution in [-0.2, 0) is 4.79 Å². The number of hydrazone groups is 1. The molecule has 8 nitrogen and oxygen atoms in total. The fraction of sp³-hybridized carbons (Fsp3) is 0.136. The molecule has 0 radical (unpaired) electrons. The van der Waals surface area contributed by atoms with Crippen molar-refractivity contribution in [1.82, 2.24) is 10.4 Å². The Bertz CT molecular complexity index is 1140. The van der Waals surface area contributed by atoms with Crippen LogP contribution in [0, 0.1) is 6.92 Å². The monoisotopic (exact) mass is 435 g/mol. The van der Waals surface area contributed by atoms with Crippen LogP contribution >= 0.6 is 11.3 Å².